The van der Waals surface area contributed by atoms with Crippen molar-refractivity contribution in [3.8, 4) is 5.75 Å². The predicted octanol–water partition coefficient (Wildman–Crippen LogP) is 3.56. The van der Waals surface area contributed by atoms with Crippen LogP contribution in [0.2, 0.25) is 0 Å². The number of carbonyl (C=O) groups excluding carboxylic acids is 1. The summed E-state index contributed by atoms with van der Waals surface area (Å²) in [6, 6.07) is 17.8. The molecule has 1 heterocycles. The molecule has 25 heavy (non-hydrogen) atoms. The molecule has 0 saturated carbocycles. The zero-order chi connectivity index (χ0) is 17.5. The number of hydrogen-bond donors (Lipinski definition) is 0. The molecule has 0 aliphatic carbocycles. The summed E-state index contributed by atoms with van der Waals surface area (Å²) in [5.74, 6) is 0.836. The molecule has 0 radical (unpaired) electrons. The Morgan fingerprint density at radius 2 is 1.92 bits per heavy atom. The van der Waals surface area contributed by atoms with E-state index in [-0.39, 0.29) is 11.9 Å². The number of carbonyl (C=O) groups is 1. The second-order valence-electron chi connectivity index (χ2n) is 6.46. The lowest BCUT2D eigenvalue weighted by Crippen LogP contribution is -2.34. The molecule has 0 bridgehead atoms. The fourth-order valence-corrected chi connectivity index (χ4v) is 3.03. The largest absolute Gasteiger partial charge is 0.491 e. The van der Waals surface area contributed by atoms with Crippen LogP contribution in [0, 0.1) is 0 Å². The summed E-state index contributed by atoms with van der Waals surface area (Å²) in [5, 5.41) is 0. The highest BCUT2D eigenvalue weighted by molar-refractivity contribution is 5.94. The molecule has 3 rings (SSSR count). The number of Topliss-reactive ketones (excluding diaryl/α,β-unsaturated/α-hetero) is 1. The molecule has 0 amide bonds. The number of benzene rings is 2. The van der Waals surface area contributed by atoms with Gasteiger partial charge in [-0.2, -0.15) is 0 Å². The molecule has 4 nitrogen and oxygen atoms in total. The SMILES string of the molecule is CC(=O)c1ccc(OCC2CN(Cc3ccccc3)CCCO2)cc1. The first-order chi connectivity index (χ1) is 12.2. The van der Waals surface area contributed by atoms with Crippen molar-refractivity contribution in [3.05, 3.63) is 65.7 Å². The second kappa shape index (κ2) is 8.79. The van der Waals surface area contributed by atoms with Crippen LogP contribution in [0.5, 0.6) is 5.75 Å². The Kier molecular flexibility index (Phi) is 6.20. The van der Waals surface area contributed by atoms with Crippen molar-refractivity contribution in [1.82, 2.24) is 4.90 Å². The van der Waals surface area contributed by atoms with Crippen LogP contribution in [0.15, 0.2) is 54.6 Å². The standard InChI is InChI=1S/C21H25NO3/c1-17(23)19-8-10-20(11-9-19)25-16-21-15-22(12-5-13-24-21)14-18-6-3-2-4-7-18/h2-4,6-11,21H,5,12-16H2,1H3. The Bertz CT molecular complexity index is 669. The summed E-state index contributed by atoms with van der Waals surface area (Å²) < 4.78 is 11.8. The quantitative estimate of drug-likeness (QED) is 0.755. The highest BCUT2D eigenvalue weighted by atomic mass is 16.5. The number of hydrogen-bond acceptors (Lipinski definition) is 4. The van der Waals surface area contributed by atoms with Crippen molar-refractivity contribution in [3.63, 3.8) is 0 Å². The average molecular weight is 339 g/mol. The summed E-state index contributed by atoms with van der Waals surface area (Å²) in [6.45, 7) is 5.69. The maximum atomic E-state index is 11.3. The molecule has 1 aliphatic rings. The van der Waals surface area contributed by atoms with Gasteiger partial charge < -0.3 is 9.47 Å². The Balaban J connectivity index is 1.53. The van der Waals surface area contributed by atoms with E-state index in [9.17, 15) is 4.79 Å². The van der Waals surface area contributed by atoms with Gasteiger partial charge in [0.1, 0.15) is 18.5 Å². The molecule has 0 spiro atoms. The van der Waals surface area contributed by atoms with E-state index in [1.165, 1.54) is 5.56 Å². The predicted molar refractivity (Wildman–Crippen MR) is 98.0 cm³/mol. The summed E-state index contributed by atoms with van der Waals surface area (Å²) in [6.07, 6.45) is 1.09. The Labute approximate surface area is 149 Å². The maximum Gasteiger partial charge on any atom is 0.159 e. The minimum Gasteiger partial charge on any atom is -0.491 e. The van der Waals surface area contributed by atoms with Crippen LogP contribution in [0.3, 0.4) is 0 Å². The maximum absolute atomic E-state index is 11.3. The minimum atomic E-state index is 0.0543. The van der Waals surface area contributed by atoms with Crippen molar-refractivity contribution in [2.75, 3.05) is 26.3 Å². The minimum absolute atomic E-state index is 0.0543. The van der Waals surface area contributed by atoms with Crippen LogP contribution in [0.1, 0.15) is 29.3 Å². The molecule has 2 aromatic rings. The van der Waals surface area contributed by atoms with Crippen LogP contribution >= 0.6 is 0 Å². The van der Waals surface area contributed by atoms with Gasteiger partial charge in [-0.1, -0.05) is 30.3 Å². The zero-order valence-electron chi connectivity index (χ0n) is 14.7. The van der Waals surface area contributed by atoms with Crippen molar-refractivity contribution >= 4 is 5.78 Å². The average Bonchev–Trinajstić information content (AvgIpc) is 2.86. The molecule has 0 N–H and O–H groups in total. The van der Waals surface area contributed by atoms with Crippen molar-refractivity contribution in [1.29, 1.82) is 0 Å². The number of nitrogens with zero attached hydrogens (tertiary/aromatic N) is 1. The highest BCUT2D eigenvalue weighted by Gasteiger charge is 2.19. The van der Waals surface area contributed by atoms with E-state index in [1.54, 1.807) is 19.1 Å². The zero-order valence-corrected chi connectivity index (χ0v) is 14.7. The highest BCUT2D eigenvalue weighted by Crippen LogP contribution is 2.15. The summed E-state index contributed by atoms with van der Waals surface area (Å²) in [4.78, 5) is 13.7. The second-order valence-corrected chi connectivity index (χ2v) is 6.46. The third kappa shape index (κ3) is 5.41. The monoisotopic (exact) mass is 339 g/mol. The molecule has 1 unspecified atom stereocenters. The van der Waals surface area contributed by atoms with Gasteiger partial charge in [-0.05, 0) is 43.2 Å². The Morgan fingerprint density at radius 3 is 2.64 bits per heavy atom. The normalized spacial score (nSPS) is 18.5. The third-order valence-electron chi connectivity index (χ3n) is 4.38. The lowest BCUT2D eigenvalue weighted by atomic mass is 10.1. The summed E-state index contributed by atoms with van der Waals surface area (Å²) in [5.41, 5.74) is 2.02. The van der Waals surface area contributed by atoms with E-state index in [1.807, 2.05) is 18.2 Å². The molecule has 1 aliphatic heterocycles. The van der Waals surface area contributed by atoms with Gasteiger partial charge in [-0.15, -0.1) is 0 Å². The van der Waals surface area contributed by atoms with E-state index in [4.69, 9.17) is 9.47 Å². The van der Waals surface area contributed by atoms with E-state index in [0.29, 0.717) is 12.2 Å². The Hall–Kier alpha value is -2.17. The van der Waals surface area contributed by atoms with Crippen LogP contribution in [0.25, 0.3) is 0 Å². The molecular formula is C21H25NO3. The lowest BCUT2D eigenvalue weighted by molar-refractivity contribution is 0.0201. The van der Waals surface area contributed by atoms with Gasteiger partial charge in [-0.25, -0.2) is 0 Å². The van der Waals surface area contributed by atoms with Gasteiger partial charge in [0.25, 0.3) is 0 Å². The molecule has 2 aromatic carbocycles. The number of ketones is 1. The lowest BCUT2D eigenvalue weighted by Gasteiger charge is -2.24. The van der Waals surface area contributed by atoms with Gasteiger partial charge >= 0.3 is 0 Å². The van der Waals surface area contributed by atoms with Crippen molar-refractivity contribution in [2.24, 2.45) is 0 Å². The number of rotatable bonds is 6. The summed E-state index contributed by atoms with van der Waals surface area (Å²) >= 11 is 0. The van der Waals surface area contributed by atoms with Crippen LogP contribution in [0.4, 0.5) is 0 Å². The first-order valence-corrected chi connectivity index (χ1v) is 8.82. The molecule has 4 heteroatoms. The van der Waals surface area contributed by atoms with E-state index in [0.717, 1.165) is 38.4 Å². The fourth-order valence-electron chi connectivity index (χ4n) is 3.03. The first-order valence-electron chi connectivity index (χ1n) is 8.82. The molecule has 1 saturated heterocycles. The van der Waals surface area contributed by atoms with Gasteiger partial charge in [0.15, 0.2) is 5.78 Å². The summed E-state index contributed by atoms with van der Waals surface area (Å²) in [7, 11) is 0. The van der Waals surface area contributed by atoms with Crippen LogP contribution in [-0.2, 0) is 11.3 Å². The smallest absolute Gasteiger partial charge is 0.159 e. The molecule has 1 atom stereocenters. The van der Waals surface area contributed by atoms with E-state index in [2.05, 4.69) is 29.2 Å². The first kappa shape index (κ1) is 17.6. The molecular weight excluding hydrogens is 314 g/mol. The van der Waals surface area contributed by atoms with E-state index >= 15 is 0 Å². The van der Waals surface area contributed by atoms with Crippen molar-refractivity contribution < 1.29 is 14.3 Å². The van der Waals surface area contributed by atoms with Crippen LogP contribution < -0.4 is 4.74 Å². The molecule has 132 valence electrons. The molecule has 1 fully saturated rings. The van der Waals surface area contributed by atoms with Gasteiger partial charge in [0.2, 0.25) is 0 Å². The van der Waals surface area contributed by atoms with Gasteiger partial charge in [0.05, 0.1) is 0 Å². The Morgan fingerprint density at radius 1 is 1.16 bits per heavy atom. The van der Waals surface area contributed by atoms with E-state index < -0.39 is 0 Å². The van der Waals surface area contributed by atoms with Crippen molar-refractivity contribution in [2.45, 2.75) is 26.0 Å². The van der Waals surface area contributed by atoms with Gasteiger partial charge in [0, 0.05) is 31.8 Å². The molecule has 0 aromatic heterocycles. The van der Waals surface area contributed by atoms with Crippen LogP contribution in [-0.4, -0.2) is 43.1 Å². The topological polar surface area (TPSA) is 38.8 Å². The fraction of sp³-hybridized carbons (Fsp3) is 0.381. The third-order valence-corrected chi connectivity index (χ3v) is 4.38. The van der Waals surface area contributed by atoms with Gasteiger partial charge in [-0.3, -0.25) is 9.69 Å². The number of ether oxygens (including phenoxy) is 2.